The van der Waals surface area contributed by atoms with E-state index in [1.54, 1.807) is 6.07 Å². The van der Waals surface area contributed by atoms with Gasteiger partial charge in [0.1, 0.15) is 5.82 Å². The molecule has 0 radical (unpaired) electrons. The zero-order chi connectivity index (χ0) is 11.5. The van der Waals surface area contributed by atoms with Crippen LogP contribution in [-0.4, -0.2) is 29.0 Å². The number of rotatable bonds is 2. The molecular weight excluding hydrogens is 223 g/mol. The van der Waals surface area contributed by atoms with Gasteiger partial charge in [-0.05, 0) is 24.6 Å². The number of anilines is 1. The SMILES string of the molecule is CC1CSCCN1Cc1ccc(F)cc1N. The van der Waals surface area contributed by atoms with Crippen LogP contribution in [0.4, 0.5) is 10.1 Å². The molecule has 1 unspecified atom stereocenters. The monoisotopic (exact) mass is 240 g/mol. The van der Waals surface area contributed by atoms with Gasteiger partial charge in [0.25, 0.3) is 0 Å². The molecule has 4 heteroatoms. The van der Waals surface area contributed by atoms with E-state index in [4.69, 9.17) is 5.73 Å². The van der Waals surface area contributed by atoms with E-state index in [-0.39, 0.29) is 5.82 Å². The summed E-state index contributed by atoms with van der Waals surface area (Å²) < 4.78 is 12.9. The third kappa shape index (κ3) is 2.68. The van der Waals surface area contributed by atoms with E-state index in [9.17, 15) is 4.39 Å². The van der Waals surface area contributed by atoms with Gasteiger partial charge in [-0.1, -0.05) is 6.07 Å². The van der Waals surface area contributed by atoms with E-state index in [0.717, 1.165) is 18.7 Å². The second-order valence-corrected chi connectivity index (χ2v) is 5.39. The fraction of sp³-hybridized carbons (Fsp3) is 0.500. The van der Waals surface area contributed by atoms with Crippen molar-refractivity contribution in [3.8, 4) is 0 Å². The van der Waals surface area contributed by atoms with Crippen LogP contribution in [0.3, 0.4) is 0 Å². The van der Waals surface area contributed by atoms with Crippen molar-refractivity contribution in [3.05, 3.63) is 29.6 Å². The van der Waals surface area contributed by atoms with Gasteiger partial charge in [-0.2, -0.15) is 11.8 Å². The van der Waals surface area contributed by atoms with Gasteiger partial charge >= 0.3 is 0 Å². The van der Waals surface area contributed by atoms with E-state index in [1.807, 2.05) is 11.8 Å². The van der Waals surface area contributed by atoms with Crippen molar-refractivity contribution in [1.29, 1.82) is 0 Å². The summed E-state index contributed by atoms with van der Waals surface area (Å²) in [6.07, 6.45) is 0. The lowest BCUT2D eigenvalue weighted by atomic mass is 10.1. The van der Waals surface area contributed by atoms with Crippen LogP contribution in [0.25, 0.3) is 0 Å². The van der Waals surface area contributed by atoms with Gasteiger partial charge < -0.3 is 5.73 Å². The lowest BCUT2D eigenvalue weighted by molar-refractivity contribution is 0.224. The number of nitrogen functional groups attached to an aromatic ring is 1. The Morgan fingerprint density at radius 3 is 3.06 bits per heavy atom. The molecule has 1 aromatic carbocycles. The lowest BCUT2D eigenvalue weighted by Gasteiger charge is -2.33. The molecular formula is C12H17FN2S. The number of halogens is 1. The molecule has 0 amide bonds. The first-order valence-corrected chi connectivity index (χ1v) is 6.68. The quantitative estimate of drug-likeness (QED) is 0.805. The maximum atomic E-state index is 12.9. The highest BCUT2D eigenvalue weighted by molar-refractivity contribution is 7.99. The Balaban J connectivity index is 2.07. The third-order valence-electron chi connectivity index (χ3n) is 2.99. The Hall–Kier alpha value is -0.740. The molecule has 0 spiro atoms. The van der Waals surface area contributed by atoms with Crippen LogP contribution in [0.15, 0.2) is 18.2 Å². The highest BCUT2D eigenvalue weighted by atomic mass is 32.2. The molecule has 1 fully saturated rings. The largest absolute Gasteiger partial charge is 0.398 e. The predicted octanol–water partition coefficient (Wildman–Crippen LogP) is 2.35. The van der Waals surface area contributed by atoms with Crippen LogP contribution in [-0.2, 0) is 6.54 Å². The number of nitrogens with two attached hydrogens (primary N) is 1. The van der Waals surface area contributed by atoms with E-state index in [0.29, 0.717) is 11.7 Å². The lowest BCUT2D eigenvalue weighted by Crippen LogP contribution is -2.39. The molecule has 16 heavy (non-hydrogen) atoms. The molecule has 2 N–H and O–H groups in total. The molecule has 2 nitrogen and oxygen atoms in total. The molecule has 0 aromatic heterocycles. The summed E-state index contributed by atoms with van der Waals surface area (Å²) in [6.45, 7) is 4.14. The normalized spacial score (nSPS) is 22.2. The molecule has 0 bridgehead atoms. The molecule has 1 aliphatic rings. The average molecular weight is 240 g/mol. The highest BCUT2D eigenvalue weighted by Gasteiger charge is 2.19. The molecule has 1 saturated heterocycles. The average Bonchev–Trinajstić information content (AvgIpc) is 2.25. The van der Waals surface area contributed by atoms with Crippen LogP contribution >= 0.6 is 11.8 Å². The highest BCUT2D eigenvalue weighted by Crippen LogP contribution is 2.21. The van der Waals surface area contributed by atoms with Crippen LogP contribution in [0.5, 0.6) is 0 Å². The number of hydrogen-bond acceptors (Lipinski definition) is 3. The summed E-state index contributed by atoms with van der Waals surface area (Å²) in [7, 11) is 0. The van der Waals surface area contributed by atoms with Gasteiger partial charge in [0.05, 0.1) is 0 Å². The number of benzene rings is 1. The Bertz CT molecular complexity index is 370. The van der Waals surface area contributed by atoms with Crippen molar-refractivity contribution in [3.63, 3.8) is 0 Å². The summed E-state index contributed by atoms with van der Waals surface area (Å²) in [5.41, 5.74) is 7.40. The minimum atomic E-state index is -0.261. The van der Waals surface area contributed by atoms with Gasteiger partial charge in [-0.25, -0.2) is 4.39 Å². The second-order valence-electron chi connectivity index (χ2n) is 4.24. The zero-order valence-electron chi connectivity index (χ0n) is 9.45. The van der Waals surface area contributed by atoms with Crippen LogP contribution in [0, 0.1) is 5.82 Å². The van der Waals surface area contributed by atoms with E-state index in [1.165, 1.54) is 23.6 Å². The first-order valence-electron chi connectivity index (χ1n) is 5.52. The standard InChI is InChI=1S/C12H17FN2S/c1-9-8-16-5-4-15(9)7-10-2-3-11(13)6-12(10)14/h2-3,6,9H,4-5,7-8,14H2,1H3. The molecule has 0 aliphatic carbocycles. The van der Waals surface area contributed by atoms with Crippen molar-refractivity contribution in [2.75, 3.05) is 23.8 Å². The van der Waals surface area contributed by atoms with Gasteiger partial charge in [0.2, 0.25) is 0 Å². The second kappa shape index (κ2) is 5.06. The summed E-state index contributed by atoms with van der Waals surface area (Å²) in [6, 6.07) is 5.25. The number of hydrogen-bond donors (Lipinski definition) is 1. The predicted molar refractivity (Wildman–Crippen MR) is 68.0 cm³/mol. The minimum absolute atomic E-state index is 0.261. The Labute approximate surface area is 100 Å². The Kier molecular flexibility index (Phi) is 3.71. The number of nitrogens with zero attached hydrogens (tertiary/aromatic N) is 1. The maximum absolute atomic E-state index is 12.9. The fourth-order valence-corrected chi connectivity index (χ4v) is 3.01. The van der Waals surface area contributed by atoms with E-state index >= 15 is 0 Å². The molecule has 1 atom stereocenters. The van der Waals surface area contributed by atoms with Crippen molar-refractivity contribution >= 4 is 17.4 Å². The zero-order valence-corrected chi connectivity index (χ0v) is 10.3. The van der Waals surface area contributed by atoms with Gasteiger partial charge in [0.15, 0.2) is 0 Å². The van der Waals surface area contributed by atoms with Gasteiger partial charge in [-0.3, -0.25) is 4.90 Å². The van der Waals surface area contributed by atoms with Crippen LogP contribution in [0.2, 0.25) is 0 Å². The molecule has 0 saturated carbocycles. The Morgan fingerprint density at radius 1 is 1.56 bits per heavy atom. The van der Waals surface area contributed by atoms with Crippen molar-refractivity contribution in [1.82, 2.24) is 4.90 Å². The van der Waals surface area contributed by atoms with Gasteiger partial charge in [0, 0.05) is 36.3 Å². The van der Waals surface area contributed by atoms with Gasteiger partial charge in [-0.15, -0.1) is 0 Å². The summed E-state index contributed by atoms with van der Waals surface area (Å²) in [4.78, 5) is 2.40. The molecule has 1 aromatic rings. The Morgan fingerprint density at radius 2 is 2.38 bits per heavy atom. The minimum Gasteiger partial charge on any atom is -0.398 e. The topological polar surface area (TPSA) is 29.3 Å². The molecule has 88 valence electrons. The van der Waals surface area contributed by atoms with Crippen molar-refractivity contribution < 1.29 is 4.39 Å². The number of thioether (sulfide) groups is 1. The first-order chi connectivity index (χ1) is 7.66. The third-order valence-corrected chi connectivity index (χ3v) is 4.18. The smallest absolute Gasteiger partial charge is 0.125 e. The molecule has 1 aliphatic heterocycles. The maximum Gasteiger partial charge on any atom is 0.125 e. The van der Waals surface area contributed by atoms with Crippen molar-refractivity contribution in [2.45, 2.75) is 19.5 Å². The first kappa shape index (κ1) is 11.7. The molecule has 1 heterocycles. The van der Waals surface area contributed by atoms with E-state index < -0.39 is 0 Å². The van der Waals surface area contributed by atoms with Crippen molar-refractivity contribution in [2.24, 2.45) is 0 Å². The van der Waals surface area contributed by atoms with Crippen LogP contribution < -0.4 is 5.73 Å². The summed E-state index contributed by atoms with van der Waals surface area (Å²) in [5, 5.41) is 0. The molecule has 2 rings (SSSR count). The summed E-state index contributed by atoms with van der Waals surface area (Å²) in [5.74, 6) is 2.08. The van der Waals surface area contributed by atoms with E-state index in [2.05, 4.69) is 11.8 Å². The fourth-order valence-electron chi connectivity index (χ4n) is 1.92. The van der Waals surface area contributed by atoms with Crippen LogP contribution in [0.1, 0.15) is 12.5 Å². The summed E-state index contributed by atoms with van der Waals surface area (Å²) >= 11 is 1.99.